The highest BCUT2D eigenvalue weighted by atomic mass is 16.4. The molecule has 2 N–H and O–H groups in total. The van der Waals surface area contributed by atoms with Gasteiger partial charge in [-0.1, -0.05) is 122 Å². The molecule has 0 radical (unpaired) electrons. The topological polar surface area (TPSA) is 60.8 Å². The molecule has 0 aromatic rings. The molecule has 0 aromatic carbocycles. The minimum atomic E-state index is -0.651. The Hall–Kier alpha value is -0.610. The highest BCUT2D eigenvalue weighted by Crippen LogP contribution is 2.14. The smallest absolute Gasteiger partial charge is 0.303 e. The zero-order chi connectivity index (χ0) is 23.4. The van der Waals surface area contributed by atoms with Crippen LogP contribution in [0.15, 0.2) is 0 Å². The Labute approximate surface area is 195 Å². The molecule has 0 rings (SSSR count). The fraction of sp³-hybridized carbons (Fsp3) is 0.963. The summed E-state index contributed by atoms with van der Waals surface area (Å²) in [4.78, 5) is 12.4. The van der Waals surface area contributed by atoms with Crippen molar-refractivity contribution < 1.29 is 15.0 Å². The molecule has 188 valence electrons. The number of carbonyl (C=O) groups is 1. The second kappa shape index (κ2) is 29.4. The van der Waals surface area contributed by atoms with Gasteiger partial charge in [0.2, 0.25) is 0 Å². The summed E-state index contributed by atoms with van der Waals surface area (Å²) in [5.74, 6) is -0.651. The van der Waals surface area contributed by atoms with Crippen molar-refractivity contribution in [2.24, 2.45) is 0 Å². The maximum absolute atomic E-state index is 10.4. The van der Waals surface area contributed by atoms with E-state index in [9.17, 15) is 4.79 Å². The quantitative estimate of drug-likeness (QED) is 0.158. The normalized spacial score (nSPS) is 10.9. The number of unbranched alkanes of at least 4 members (excludes halogenated alkanes) is 18. The predicted molar refractivity (Wildman–Crippen MR) is 136 cm³/mol. The van der Waals surface area contributed by atoms with E-state index < -0.39 is 5.97 Å². The van der Waals surface area contributed by atoms with Gasteiger partial charge in [-0.3, -0.25) is 4.79 Å². The van der Waals surface area contributed by atoms with Gasteiger partial charge in [-0.15, -0.1) is 0 Å². The summed E-state index contributed by atoms with van der Waals surface area (Å²) in [5.41, 5.74) is 0. The van der Waals surface area contributed by atoms with E-state index in [0.717, 1.165) is 25.8 Å². The second-order valence-corrected chi connectivity index (χ2v) is 9.39. The average Bonchev–Trinajstić information content (AvgIpc) is 2.74. The summed E-state index contributed by atoms with van der Waals surface area (Å²) in [6.45, 7) is 3.57. The van der Waals surface area contributed by atoms with Gasteiger partial charge in [-0.25, -0.2) is 0 Å². The van der Waals surface area contributed by atoms with E-state index in [-0.39, 0.29) is 0 Å². The minimum absolute atomic E-state index is 0.304. The van der Waals surface area contributed by atoms with Gasteiger partial charge >= 0.3 is 5.97 Å². The van der Waals surface area contributed by atoms with E-state index in [1.165, 1.54) is 109 Å². The van der Waals surface area contributed by atoms with Crippen LogP contribution in [0.3, 0.4) is 0 Å². The highest BCUT2D eigenvalue weighted by molar-refractivity contribution is 5.66. The number of aliphatic hydroxyl groups excluding tert-OH is 1. The summed E-state index contributed by atoms with van der Waals surface area (Å²) in [5, 5.41) is 16.8. The largest absolute Gasteiger partial charge is 0.481 e. The van der Waals surface area contributed by atoms with Crippen molar-refractivity contribution in [3.05, 3.63) is 0 Å². The molecule has 0 aliphatic rings. The lowest BCUT2D eigenvalue weighted by atomic mass is 10.0. The maximum Gasteiger partial charge on any atom is 0.303 e. The Bertz CT molecular complexity index is 334. The van der Waals surface area contributed by atoms with Crippen LogP contribution < -0.4 is 0 Å². The van der Waals surface area contributed by atoms with E-state index in [0.29, 0.717) is 13.0 Å². The summed E-state index contributed by atoms with van der Waals surface area (Å²) >= 11 is 0. The Morgan fingerprint density at radius 2 is 0.903 bits per heavy atom. The third kappa shape index (κ3) is 37.1. The fourth-order valence-corrected chi connectivity index (χ4v) is 3.74. The van der Waals surface area contributed by atoms with Crippen LogP contribution in [0.4, 0.5) is 0 Å². The van der Waals surface area contributed by atoms with E-state index in [4.69, 9.17) is 10.2 Å². The average molecular weight is 444 g/mol. The van der Waals surface area contributed by atoms with Crippen LogP contribution in [-0.2, 0) is 4.79 Å². The van der Waals surface area contributed by atoms with Crippen LogP contribution in [0.1, 0.15) is 142 Å². The van der Waals surface area contributed by atoms with Crippen LogP contribution in [-0.4, -0.2) is 48.3 Å². The summed E-state index contributed by atoms with van der Waals surface area (Å²) in [6.07, 6.45) is 27.0. The molecule has 4 nitrogen and oxygen atoms in total. The fourth-order valence-electron chi connectivity index (χ4n) is 3.74. The molecule has 31 heavy (non-hydrogen) atoms. The Morgan fingerprint density at radius 3 is 1.13 bits per heavy atom. The first-order valence-corrected chi connectivity index (χ1v) is 13.5. The van der Waals surface area contributed by atoms with Gasteiger partial charge in [0, 0.05) is 13.0 Å². The van der Waals surface area contributed by atoms with Crippen molar-refractivity contribution in [2.75, 3.05) is 27.2 Å². The van der Waals surface area contributed by atoms with Crippen LogP contribution in [0.2, 0.25) is 0 Å². The third-order valence-electron chi connectivity index (χ3n) is 5.76. The monoisotopic (exact) mass is 443 g/mol. The van der Waals surface area contributed by atoms with Gasteiger partial charge in [0.05, 0.1) is 0 Å². The van der Waals surface area contributed by atoms with E-state index >= 15 is 0 Å². The summed E-state index contributed by atoms with van der Waals surface area (Å²) < 4.78 is 0. The van der Waals surface area contributed by atoms with E-state index in [1.54, 1.807) is 0 Å². The van der Waals surface area contributed by atoms with Crippen LogP contribution in [0.5, 0.6) is 0 Å². The van der Waals surface area contributed by atoms with Gasteiger partial charge in [0.15, 0.2) is 0 Å². The molecule has 0 bridgehead atoms. The molecule has 0 saturated carbocycles. The van der Waals surface area contributed by atoms with Crippen LogP contribution in [0, 0.1) is 0 Å². The predicted octanol–water partition coefficient (Wildman–Crippen LogP) is 7.82. The van der Waals surface area contributed by atoms with Crippen molar-refractivity contribution in [2.45, 2.75) is 142 Å². The van der Waals surface area contributed by atoms with Gasteiger partial charge in [-0.05, 0) is 33.5 Å². The minimum Gasteiger partial charge on any atom is -0.481 e. The van der Waals surface area contributed by atoms with Gasteiger partial charge < -0.3 is 15.1 Å². The Morgan fingerprint density at radius 1 is 0.581 bits per heavy atom. The van der Waals surface area contributed by atoms with Gasteiger partial charge in [0.25, 0.3) is 0 Å². The molecule has 0 atom stereocenters. The zero-order valence-electron chi connectivity index (χ0n) is 21.5. The zero-order valence-corrected chi connectivity index (χ0v) is 21.5. The molecular formula is C27H57NO3. The Balaban J connectivity index is 0. The SMILES string of the molecule is CCCCCCCCCCCCCCCCCCCCCC(=O)O.CN(C)CCCO. The molecule has 4 heteroatoms. The molecule has 0 aliphatic heterocycles. The lowest BCUT2D eigenvalue weighted by Gasteiger charge is -2.05. The molecule has 0 unspecified atom stereocenters. The molecule has 0 heterocycles. The van der Waals surface area contributed by atoms with Gasteiger partial charge in [-0.2, -0.15) is 0 Å². The molecule has 0 spiro atoms. The van der Waals surface area contributed by atoms with Crippen LogP contribution >= 0.6 is 0 Å². The number of aliphatic hydroxyl groups is 1. The number of carboxylic acid groups (broad SMARTS) is 1. The highest BCUT2D eigenvalue weighted by Gasteiger charge is 1.97. The summed E-state index contributed by atoms with van der Waals surface area (Å²) in [7, 11) is 3.99. The number of aliphatic carboxylic acids is 1. The first-order valence-electron chi connectivity index (χ1n) is 13.5. The van der Waals surface area contributed by atoms with Crippen molar-refractivity contribution >= 4 is 5.97 Å². The van der Waals surface area contributed by atoms with E-state index in [1.807, 2.05) is 14.1 Å². The van der Waals surface area contributed by atoms with E-state index in [2.05, 4.69) is 11.8 Å². The molecule has 0 fully saturated rings. The number of hydrogen-bond donors (Lipinski definition) is 2. The number of nitrogens with zero attached hydrogens (tertiary/aromatic N) is 1. The van der Waals surface area contributed by atoms with Gasteiger partial charge in [0.1, 0.15) is 0 Å². The molecule has 0 saturated heterocycles. The van der Waals surface area contributed by atoms with Crippen molar-refractivity contribution in [3.8, 4) is 0 Å². The first-order chi connectivity index (χ1) is 15.0. The third-order valence-corrected chi connectivity index (χ3v) is 5.76. The Kier molecular flexibility index (Phi) is 30.9. The number of hydrogen-bond acceptors (Lipinski definition) is 3. The standard InChI is InChI=1S/C22H44O2.C5H13NO/c1-2-3-4-5-6-7-8-9-10-11-12-13-14-15-16-17-18-19-20-21-22(23)24;1-6(2)4-3-5-7/h2-21H2,1H3,(H,23,24);7H,3-5H2,1-2H3. The lowest BCUT2D eigenvalue weighted by molar-refractivity contribution is -0.137. The van der Waals surface area contributed by atoms with Crippen molar-refractivity contribution in [1.82, 2.24) is 4.90 Å². The van der Waals surface area contributed by atoms with Crippen molar-refractivity contribution in [3.63, 3.8) is 0 Å². The maximum atomic E-state index is 10.4. The first kappa shape index (κ1) is 32.6. The second-order valence-electron chi connectivity index (χ2n) is 9.39. The molecule has 0 amide bonds. The molecular weight excluding hydrogens is 386 g/mol. The molecule has 0 aromatic heterocycles. The number of rotatable bonds is 23. The summed E-state index contributed by atoms with van der Waals surface area (Å²) in [6, 6.07) is 0. The van der Waals surface area contributed by atoms with Crippen LogP contribution in [0.25, 0.3) is 0 Å². The van der Waals surface area contributed by atoms with Crippen molar-refractivity contribution in [1.29, 1.82) is 0 Å². The lowest BCUT2D eigenvalue weighted by Crippen LogP contribution is -2.13. The number of carboxylic acids is 1. The molecule has 0 aliphatic carbocycles.